The molecule has 0 spiro atoms. The van der Waals surface area contributed by atoms with Gasteiger partial charge in [0.2, 0.25) is 11.8 Å². The number of amides is 2. The summed E-state index contributed by atoms with van der Waals surface area (Å²) in [7, 11) is 3.19. The maximum Gasteiger partial charge on any atom is 0.247 e. The summed E-state index contributed by atoms with van der Waals surface area (Å²) in [5, 5.41) is 3.67. The molecule has 0 bridgehead atoms. The van der Waals surface area contributed by atoms with Crippen molar-refractivity contribution in [2.75, 3.05) is 20.8 Å². The van der Waals surface area contributed by atoms with Crippen LogP contribution in [0.1, 0.15) is 28.3 Å². The van der Waals surface area contributed by atoms with E-state index in [1.165, 1.54) is 0 Å². The molecule has 1 unspecified atom stereocenters. The molecule has 7 heteroatoms. The Hall–Kier alpha value is -4.29. The van der Waals surface area contributed by atoms with Gasteiger partial charge in [-0.1, -0.05) is 90.5 Å². The third-order valence-electron chi connectivity index (χ3n) is 6.62. The van der Waals surface area contributed by atoms with Crippen LogP contribution in [0.3, 0.4) is 0 Å². The van der Waals surface area contributed by atoms with Gasteiger partial charge >= 0.3 is 0 Å². The lowest BCUT2D eigenvalue weighted by Gasteiger charge is -2.32. The summed E-state index contributed by atoms with van der Waals surface area (Å²) in [6.07, 6.45) is 0.733. The summed E-state index contributed by atoms with van der Waals surface area (Å²) in [6, 6.07) is 31.2. The van der Waals surface area contributed by atoms with Crippen LogP contribution in [0.15, 0.2) is 103 Å². The highest BCUT2D eigenvalue weighted by Crippen LogP contribution is 2.28. The van der Waals surface area contributed by atoms with E-state index >= 15 is 0 Å². The smallest absolute Gasteiger partial charge is 0.247 e. The van der Waals surface area contributed by atoms with Gasteiger partial charge in [-0.25, -0.2) is 0 Å². The first-order chi connectivity index (χ1) is 19.5. The van der Waals surface area contributed by atoms with Crippen LogP contribution in [-0.2, 0) is 29.0 Å². The quantitative estimate of drug-likeness (QED) is 0.231. The number of carbonyl (C=O) groups excluding carboxylic acids is 2. The van der Waals surface area contributed by atoms with Gasteiger partial charge in [0.1, 0.15) is 6.04 Å². The number of ether oxygens (including phenoxy) is 2. The van der Waals surface area contributed by atoms with E-state index in [2.05, 4.69) is 5.32 Å². The maximum absolute atomic E-state index is 13.8. The van der Waals surface area contributed by atoms with Crippen LogP contribution < -0.4 is 14.8 Å². The number of halogens is 1. The molecule has 0 radical (unpaired) electrons. The van der Waals surface area contributed by atoms with Crippen molar-refractivity contribution in [2.24, 2.45) is 0 Å². The predicted molar refractivity (Wildman–Crippen MR) is 158 cm³/mol. The highest BCUT2D eigenvalue weighted by Gasteiger charge is 2.31. The topological polar surface area (TPSA) is 67.9 Å². The molecular weight excluding hydrogens is 524 g/mol. The van der Waals surface area contributed by atoms with Gasteiger partial charge in [0, 0.05) is 18.1 Å². The van der Waals surface area contributed by atoms with E-state index in [0.29, 0.717) is 29.5 Å². The van der Waals surface area contributed by atoms with Crippen molar-refractivity contribution in [2.45, 2.75) is 25.4 Å². The summed E-state index contributed by atoms with van der Waals surface area (Å²) < 4.78 is 10.7. The first kappa shape index (κ1) is 28.7. The molecule has 1 atom stereocenters. The Bertz CT molecular complexity index is 1400. The number of methoxy groups -OCH3 is 2. The Labute approximate surface area is 240 Å². The zero-order chi connectivity index (χ0) is 28.3. The summed E-state index contributed by atoms with van der Waals surface area (Å²) >= 11 is 6.05. The Morgan fingerprint density at radius 3 is 2.05 bits per heavy atom. The number of nitrogens with one attached hydrogen (secondary N) is 1. The molecule has 0 saturated heterocycles. The van der Waals surface area contributed by atoms with Crippen LogP contribution in [0.4, 0.5) is 0 Å². The lowest BCUT2D eigenvalue weighted by atomic mass is 10.0. The monoisotopic (exact) mass is 556 g/mol. The second kappa shape index (κ2) is 14.2. The van der Waals surface area contributed by atoms with Gasteiger partial charge in [-0.15, -0.1) is 0 Å². The minimum atomic E-state index is -0.813. The second-order valence-electron chi connectivity index (χ2n) is 9.35. The number of rotatable bonds is 12. The lowest BCUT2D eigenvalue weighted by Crippen LogP contribution is -2.44. The molecule has 6 nitrogen and oxygen atoms in total. The van der Waals surface area contributed by atoms with Crippen LogP contribution in [0.5, 0.6) is 11.5 Å². The van der Waals surface area contributed by atoms with Gasteiger partial charge in [0.05, 0.1) is 20.6 Å². The molecule has 4 aromatic carbocycles. The van der Waals surface area contributed by atoms with Gasteiger partial charge < -0.3 is 19.7 Å². The van der Waals surface area contributed by atoms with E-state index in [-0.39, 0.29) is 24.8 Å². The Morgan fingerprint density at radius 2 is 1.40 bits per heavy atom. The van der Waals surface area contributed by atoms with Gasteiger partial charge in [0.15, 0.2) is 11.5 Å². The fourth-order valence-corrected chi connectivity index (χ4v) is 4.68. The third-order valence-corrected chi connectivity index (χ3v) is 6.87. The van der Waals surface area contributed by atoms with E-state index in [1.54, 1.807) is 31.3 Å². The fraction of sp³-hybridized carbons (Fsp3) is 0.212. The van der Waals surface area contributed by atoms with E-state index in [9.17, 15) is 9.59 Å². The van der Waals surface area contributed by atoms with E-state index < -0.39 is 6.04 Å². The summed E-state index contributed by atoms with van der Waals surface area (Å²) in [6.45, 7) is 0.679. The van der Waals surface area contributed by atoms with Crippen LogP contribution >= 0.6 is 11.6 Å². The van der Waals surface area contributed by atoms with Gasteiger partial charge in [0.25, 0.3) is 0 Å². The first-order valence-electron chi connectivity index (χ1n) is 13.1. The van der Waals surface area contributed by atoms with Crippen LogP contribution in [0.2, 0.25) is 5.02 Å². The molecule has 0 aliphatic carbocycles. The lowest BCUT2D eigenvalue weighted by molar-refractivity contribution is -0.141. The Kier molecular flexibility index (Phi) is 10.2. The highest BCUT2D eigenvalue weighted by atomic mass is 35.5. The van der Waals surface area contributed by atoms with Crippen LogP contribution in [-0.4, -0.2) is 37.5 Å². The Balaban J connectivity index is 1.58. The molecule has 0 aliphatic heterocycles. The normalized spacial score (nSPS) is 11.4. The third kappa shape index (κ3) is 7.64. The maximum atomic E-state index is 13.8. The van der Waals surface area contributed by atoms with Crippen molar-refractivity contribution in [3.63, 3.8) is 0 Å². The number of hydrogen-bond donors (Lipinski definition) is 1. The molecule has 1 N–H and O–H groups in total. The second-order valence-corrected chi connectivity index (χ2v) is 9.79. The SMILES string of the molecule is COc1ccc(CCNC(=O)C(c2ccccc2)N(Cc2ccccc2)C(=O)Cc2ccc(Cl)cc2)cc1OC. The average molecular weight is 557 g/mol. The minimum Gasteiger partial charge on any atom is -0.493 e. The van der Waals surface area contributed by atoms with Gasteiger partial charge in [-0.2, -0.15) is 0 Å². The van der Waals surface area contributed by atoms with Gasteiger partial charge in [-0.05, 0) is 52.9 Å². The molecule has 2 amide bonds. The van der Waals surface area contributed by atoms with Crippen molar-refractivity contribution in [1.29, 1.82) is 0 Å². The van der Waals surface area contributed by atoms with E-state index in [4.69, 9.17) is 21.1 Å². The summed E-state index contributed by atoms with van der Waals surface area (Å²) in [5.41, 5.74) is 3.50. The van der Waals surface area contributed by atoms with Crippen LogP contribution in [0, 0.1) is 0 Å². The Morgan fingerprint density at radius 1 is 0.775 bits per heavy atom. The first-order valence-corrected chi connectivity index (χ1v) is 13.5. The largest absolute Gasteiger partial charge is 0.493 e. The molecule has 0 saturated carbocycles. The fourth-order valence-electron chi connectivity index (χ4n) is 4.55. The molecule has 0 fully saturated rings. The predicted octanol–water partition coefficient (Wildman–Crippen LogP) is 6.03. The zero-order valence-corrected chi connectivity index (χ0v) is 23.4. The molecule has 4 rings (SSSR count). The average Bonchev–Trinajstić information content (AvgIpc) is 2.99. The van der Waals surface area contributed by atoms with Crippen LogP contribution in [0.25, 0.3) is 0 Å². The molecule has 0 aliphatic rings. The minimum absolute atomic E-state index is 0.145. The molecular formula is C33H33ClN2O4. The van der Waals surface area contributed by atoms with Crippen molar-refractivity contribution >= 4 is 23.4 Å². The van der Waals surface area contributed by atoms with Gasteiger partial charge in [-0.3, -0.25) is 9.59 Å². The van der Waals surface area contributed by atoms with Crippen molar-refractivity contribution in [1.82, 2.24) is 10.2 Å². The van der Waals surface area contributed by atoms with Crippen molar-refractivity contribution < 1.29 is 19.1 Å². The molecule has 206 valence electrons. The van der Waals surface area contributed by atoms with Crippen molar-refractivity contribution in [3.8, 4) is 11.5 Å². The molecule has 0 aromatic heterocycles. The number of hydrogen-bond acceptors (Lipinski definition) is 4. The summed E-state index contributed by atoms with van der Waals surface area (Å²) in [5.74, 6) is 0.882. The standard InChI is InChI=1S/C33H33ClN2O4/c1-39-29-18-15-25(21-30(29)40-2)19-20-35-33(38)32(27-11-7-4-8-12-27)36(23-26-9-5-3-6-10-26)31(37)22-24-13-16-28(34)17-14-24/h3-18,21,32H,19-20,22-23H2,1-2H3,(H,35,38). The molecule has 0 heterocycles. The van der Waals surface area contributed by atoms with E-state index in [1.807, 2.05) is 91.0 Å². The number of nitrogens with zero attached hydrogens (tertiary/aromatic N) is 1. The number of benzene rings is 4. The molecule has 4 aromatic rings. The van der Waals surface area contributed by atoms with Crippen molar-refractivity contribution in [3.05, 3.63) is 130 Å². The van der Waals surface area contributed by atoms with E-state index in [0.717, 1.165) is 22.3 Å². The zero-order valence-electron chi connectivity index (χ0n) is 22.7. The number of carbonyl (C=O) groups is 2. The summed E-state index contributed by atoms with van der Waals surface area (Å²) in [4.78, 5) is 29.3. The molecule has 40 heavy (non-hydrogen) atoms. The highest BCUT2D eigenvalue weighted by molar-refractivity contribution is 6.30.